The van der Waals surface area contributed by atoms with Gasteiger partial charge < -0.3 is 26.3 Å². The minimum Gasteiger partial charge on any atom is -0.497 e. The number of methoxy groups -OCH3 is 2. The maximum Gasteiger partial charge on any atom is 0.273 e. The molecule has 2 heterocycles. The molecule has 0 aliphatic carbocycles. The third kappa shape index (κ3) is 5.41. The highest BCUT2D eigenvalue weighted by Gasteiger charge is 2.36. The molecule has 0 radical (unpaired) electrons. The number of hydrogen-bond acceptors (Lipinski definition) is 9. The van der Waals surface area contributed by atoms with E-state index >= 15 is 0 Å². The molecule has 0 aliphatic heterocycles. The largest absolute Gasteiger partial charge is 0.497 e. The smallest absolute Gasteiger partial charge is 0.273 e. The number of ether oxygens (including phenoxy) is 2. The summed E-state index contributed by atoms with van der Waals surface area (Å²) in [4.78, 5) is 45.3. The van der Waals surface area contributed by atoms with Crippen LogP contribution in [0.15, 0.2) is 60.8 Å². The maximum absolute atomic E-state index is 14.1. The first-order valence-electron chi connectivity index (χ1n) is 11.5. The van der Waals surface area contributed by atoms with Crippen LogP contribution in [0.5, 0.6) is 5.75 Å². The average Bonchev–Trinajstić information content (AvgIpc) is 3.32. The second-order valence-electron chi connectivity index (χ2n) is 8.16. The third-order valence-electron chi connectivity index (χ3n) is 5.76. The van der Waals surface area contributed by atoms with Crippen LogP contribution in [0.4, 0.5) is 11.4 Å². The number of benzene rings is 2. The van der Waals surface area contributed by atoms with E-state index in [1.54, 1.807) is 54.7 Å². The number of amides is 3. The number of nitrogens with two attached hydrogens (primary N) is 2. The van der Waals surface area contributed by atoms with Gasteiger partial charge in [0.05, 0.1) is 24.9 Å². The number of nitrogens with zero attached hydrogens (tertiary/aromatic N) is 3. The predicted molar refractivity (Wildman–Crippen MR) is 144 cm³/mol. The fraction of sp³-hybridized carbons (Fsp3) is 0.192. The minimum absolute atomic E-state index is 0.0289. The first-order valence-corrected chi connectivity index (χ1v) is 12.3. The zero-order valence-electron chi connectivity index (χ0n) is 20.7. The van der Waals surface area contributed by atoms with Crippen LogP contribution in [-0.4, -0.2) is 54.5 Å². The van der Waals surface area contributed by atoms with Gasteiger partial charge in [-0.05, 0) is 47.4 Å². The van der Waals surface area contributed by atoms with Gasteiger partial charge in [-0.15, -0.1) is 0 Å². The fourth-order valence-corrected chi connectivity index (χ4v) is 4.68. The molecule has 2 aromatic carbocycles. The van der Waals surface area contributed by atoms with Gasteiger partial charge in [-0.2, -0.15) is 4.37 Å². The monoisotopic (exact) mass is 534 g/mol. The van der Waals surface area contributed by atoms with Crippen molar-refractivity contribution < 1.29 is 23.9 Å². The molecule has 0 spiro atoms. The van der Waals surface area contributed by atoms with E-state index in [-0.39, 0.29) is 29.4 Å². The highest BCUT2D eigenvalue weighted by Crippen LogP contribution is 2.35. The van der Waals surface area contributed by atoms with Crippen LogP contribution in [0.1, 0.15) is 31.8 Å². The lowest BCUT2D eigenvalue weighted by molar-refractivity contribution is -0.122. The normalized spacial score (nSPS) is 11.6. The van der Waals surface area contributed by atoms with Crippen molar-refractivity contribution in [3.8, 4) is 5.75 Å². The van der Waals surface area contributed by atoms with E-state index in [4.69, 9.17) is 20.9 Å². The Morgan fingerprint density at radius 3 is 2.63 bits per heavy atom. The summed E-state index contributed by atoms with van der Waals surface area (Å²) < 4.78 is 14.4. The molecule has 1 atom stereocenters. The average molecular weight is 535 g/mol. The van der Waals surface area contributed by atoms with Gasteiger partial charge in [-0.1, -0.05) is 18.2 Å². The quantitative estimate of drug-likeness (QED) is 0.261. The second-order valence-corrected chi connectivity index (χ2v) is 8.93. The first-order chi connectivity index (χ1) is 18.3. The van der Waals surface area contributed by atoms with E-state index in [0.29, 0.717) is 17.0 Å². The van der Waals surface area contributed by atoms with Gasteiger partial charge in [0.1, 0.15) is 16.7 Å². The van der Waals surface area contributed by atoms with Crippen molar-refractivity contribution >= 4 is 51.5 Å². The maximum atomic E-state index is 14.1. The number of hydrogen-bond donors (Lipinski definition) is 3. The zero-order chi connectivity index (χ0) is 27.2. The number of nitrogen functional groups attached to an aromatic ring is 1. The molecule has 4 aromatic rings. The van der Waals surface area contributed by atoms with Crippen molar-refractivity contribution in [3.63, 3.8) is 0 Å². The first kappa shape index (κ1) is 26.5. The minimum atomic E-state index is -1.14. The molecule has 0 unspecified atom stereocenters. The number of fused-ring (bicyclic) bond motifs is 1. The van der Waals surface area contributed by atoms with Crippen LogP contribution in [0.3, 0.4) is 0 Å². The van der Waals surface area contributed by atoms with Gasteiger partial charge in [-0.25, -0.2) is 0 Å². The topological polar surface area (TPSA) is 163 Å². The Morgan fingerprint density at radius 1 is 1.11 bits per heavy atom. The number of pyridine rings is 1. The molecule has 0 saturated heterocycles. The van der Waals surface area contributed by atoms with Gasteiger partial charge in [0.15, 0.2) is 5.69 Å². The molecular formula is C26H26N6O5S. The number of aromatic nitrogens is 2. The van der Waals surface area contributed by atoms with Crippen molar-refractivity contribution in [2.45, 2.75) is 6.04 Å². The van der Waals surface area contributed by atoms with Crippen LogP contribution in [-0.2, 0) is 9.53 Å². The molecule has 0 aliphatic rings. The van der Waals surface area contributed by atoms with Gasteiger partial charge >= 0.3 is 0 Å². The number of rotatable bonds is 10. The summed E-state index contributed by atoms with van der Waals surface area (Å²) in [5.74, 6) is -1.49. The van der Waals surface area contributed by atoms with Crippen molar-refractivity contribution in [3.05, 3.63) is 76.9 Å². The van der Waals surface area contributed by atoms with E-state index < -0.39 is 23.8 Å². The molecule has 2 aromatic heterocycles. The standard InChI is InChI=1S/C26H26N6O5S/c1-36-12-11-30-25(34)22(16-8-9-19-15(13-16)5-4-10-29-19)32(17-6-3-7-18(14-17)37-2)26(35)23-20(27)21(24(28)33)31-38-23/h3-10,13-14,22H,11-12,27H2,1-2H3,(H2,28,33)(H,30,34)/t22-/m1/s1. The van der Waals surface area contributed by atoms with Gasteiger partial charge in [-0.3, -0.25) is 24.3 Å². The van der Waals surface area contributed by atoms with Crippen molar-refractivity contribution in [2.75, 3.05) is 38.0 Å². The van der Waals surface area contributed by atoms with Crippen molar-refractivity contribution in [1.82, 2.24) is 14.7 Å². The van der Waals surface area contributed by atoms with Crippen molar-refractivity contribution in [2.24, 2.45) is 5.73 Å². The Morgan fingerprint density at radius 2 is 1.92 bits per heavy atom. The molecule has 3 amide bonds. The summed E-state index contributed by atoms with van der Waals surface area (Å²) in [7, 11) is 3.02. The molecule has 0 fully saturated rings. The fourth-order valence-electron chi connectivity index (χ4n) is 3.94. The lowest BCUT2D eigenvalue weighted by atomic mass is 10.00. The predicted octanol–water partition coefficient (Wildman–Crippen LogP) is 2.53. The summed E-state index contributed by atoms with van der Waals surface area (Å²) in [6.07, 6.45) is 1.67. The summed E-state index contributed by atoms with van der Waals surface area (Å²) in [5.41, 5.74) is 12.7. The number of carbonyl (C=O) groups excluding carboxylic acids is 3. The van der Waals surface area contributed by atoms with Gasteiger partial charge in [0.25, 0.3) is 11.8 Å². The molecular weight excluding hydrogens is 508 g/mol. The highest BCUT2D eigenvalue weighted by molar-refractivity contribution is 7.09. The van der Waals surface area contributed by atoms with E-state index in [2.05, 4.69) is 14.7 Å². The highest BCUT2D eigenvalue weighted by atomic mass is 32.1. The molecule has 0 saturated carbocycles. The Balaban J connectivity index is 1.91. The van der Waals surface area contributed by atoms with E-state index in [1.807, 2.05) is 6.07 Å². The summed E-state index contributed by atoms with van der Waals surface area (Å²) >= 11 is 0.734. The van der Waals surface area contributed by atoms with Crippen molar-refractivity contribution in [1.29, 1.82) is 0 Å². The zero-order valence-corrected chi connectivity index (χ0v) is 21.5. The van der Waals surface area contributed by atoms with Crippen LogP contribution < -0.4 is 26.4 Å². The van der Waals surface area contributed by atoms with Gasteiger partial charge in [0, 0.05) is 37.0 Å². The number of primary amides is 1. The number of carbonyl (C=O) groups is 3. The van der Waals surface area contributed by atoms with Crippen LogP contribution >= 0.6 is 11.5 Å². The van der Waals surface area contributed by atoms with E-state index in [0.717, 1.165) is 22.4 Å². The summed E-state index contributed by atoms with van der Waals surface area (Å²) in [6, 6.07) is 14.5. The Hall–Kier alpha value is -4.55. The summed E-state index contributed by atoms with van der Waals surface area (Å²) in [5, 5.41) is 3.61. The molecule has 196 valence electrons. The molecule has 38 heavy (non-hydrogen) atoms. The number of anilines is 2. The lowest BCUT2D eigenvalue weighted by Gasteiger charge is -2.31. The lowest BCUT2D eigenvalue weighted by Crippen LogP contribution is -2.44. The molecule has 0 bridgehead atoms. The second kappa shape index (κ2) is 11.7. The molecule has 5 N–H and O–H groups in total. The van der Waals surface area contributed by atoms with E-state index in [1.165, 1.54) is 19.1 Å². The molecule has 11 nitrogen and oxygen atoms in total. The Labute approximate surface area is 222 Å². The van der Waals surface area contributed by atoms with E-state index in [9.17, 15) is 14.4 Å². The number of nitrogens with one attached hydrogen (secondary N) is 1. The Bertz CT molecular complexity index is 1490. The van der Waals surface area contributed by atoms with Crippen LogP contribution in [0.25, 0.3) is 10.9 Å². The Kier molecular flexibility index (Phi) is 8.14. The SMILES string of the molecule is COCCNC(=O)[C@@H](c1ccc2ncccc2c1)N(C(=O)c1snc(C(N)=O)c1N)c1cccc(OC)c1. The summed E-state index contributed by atoms with van der Waals surface area (Å²) in [6.45, 7) is 0.493. The molecule has 4 rings (SSSR count). The molecule has 12 heteroatoms. The van der Waals surface area contributed by atoms with Crippen LogP contribution in [0.2, 0.25) is 0 Å². The van der Waals surface area contributed by atoms with Crippen LogP contribution in [0, 0.1) is 0 Å². The third-order valence-corrected chi connectivity index (χ3v) is 6.61. The van der Waals surface area contributed by atoms with Gasteiger partial charge in [0.2, 0.25) is 5.91 Å².